The highest BCUT2D eigenvalue weighted by Gasteiger charge is 2.36. The molecule has 1 saturated heterocycles. The zero-order chi connectivity index (χ0) is 19.5. The van der Waals surface area contributed by atoms with Gasteiger partial charge in [-0.3, -0.25) is 9.59 Å². The van der Waals surface area contributed by atoms with E-state index in [1.54, 1.807) is 20.8 Å². The van der Waals surface area contributed by atoms with Crippen molar-refractivity contribution in [1.29, 1.82) is 0 Å². The monoisotopic (exact) mass is 384 g/mol. The van der Waals surface area contributed by atoms with E-state index < -0.39 is 23.6 Å². The molecular weight excluding hydrogens is 363 g/mol. The first-order valence-electron chi connectivity index (χ1n) is 8.34. The van der Waals surface area contributed by atoms with Gasteiger partial charge in [-0.05, 0) is 45.4 Å². The molecule has 1 unspecified atom stereocenters. The first-order valence-corrected chi connectivity index (χ1v) is 8.72. The summed E-state index contributed by atoms with van der Waals surface area (Å²) in [7, 11) is 0. The van der Waals surface area contributed by atoms with E-state index in [9.17, 15) is 18.8 Å². The minimum absolute atomic E-state index is 0.0150. The number of ether oxygens (including phenoxy) is 1. The number of carbonyl (C=O) groups is 3. The number of alkyl carbamates (subject to hydrolysis) is 1. The summed E-state index contributed by atoms with van der Waals surface area (Å²) in [5.74, 6) is -1.04. The number of halogens is 2. The fraction of sp³-hybridized carbons (Fsp3) is 0.500. The number of ketones is 1. The highest BCUT2D eigenvalue weighted by Crippen LogP contribution is 2.26. The number of benzene rings is 1. The maximum absolute atomic E-state index is 13.2. The van der Waals surface area contributed by atoms with Crippen molar-refractivity contribution in [2.24, 2.45) is 0 Å². The maximum atomic E-state index is 13.2. The van der Waals surface area contributed by atoms with E-state index in [1.165, 1.54) is 11.0 Å². The average Bonchev–Trinajstić information content (AvgIpc) is 2.86. The van der Waals surface area contributed by atoms with E-state index in [-0.39, 0.29) is 41.8 Å². The SMILES string of the molecule is CC(C)(C)OC(=O)NCCN1C(=O)CCC1C(=O)c1ccc(F)cc1Cl. The van der Waals surface area contributed by atoms with E-state index in [4.69, 9.17) is 16.3 Å². The van der Waals surface area contributed by atoms with Crippen molar-refractivity contribution in [3.63, 3.8) is 0 Å². The van der Waals surface area contributed by atoms with Crippen LogP contribution in [0.5, 0.6) is 0 Å². The second kappa shape index (κ2) is 8.03. The number of nitrogens with zero attached hydrogens (tertiary/aromatic N) is 1. The van der Waals surface area contributed by atoms with Crippen molar-refractivity contribution in [3.05, 3.63) is 34.6 Å². The molecule has 0 saturated carbocycles. The number of carbonyl (C=O) groups excluding carboxylic acids is 3. The predicted molar refractivity (Wildman–Crippen MR) is 94.7 cm³/mol. The summed E-state index contributed by atoms with van der Waals surface area (Å²) in [4.78, 5) is 37.9. The van der Waals surface area contributed by atoms with Gasteiger partial charge in [0.15, 0.2) is 5.78 Å². The molecule has 1 heterocycles. The Labute approximate surface area is 156 Å². The number of hydrogen-bond acceptors (Lipinski definition) is 4. The summed E-state index contributed by atoms with van der Waals surface area (Å²) in [5.41, 5.74) is -0.441. The van der Waals surface area contributed by atoms with Gasteiger partial charge in [0.25, 0.3) is 0 Å². The van der Waals surface area contributed by atoms with Gasteiger partial charge < -0.3 is 15.0 Å². The smallest absolute Gasteiger partial charge is 0.407 e. The molecule has 1 N–H and O–H groups in total. The first kappa shape index (κ1) is 20.2. The van der Waals surface area contributed by atoms with Gasteiger partial charge in [0, 0.05) is 25.1 Å². The number of rotatable bonds is 5. The van der Waals surface area contributed by atoms with Crippen LogP contribution in [0, 0.1) is 5.82 Å². The molecule has 142 valence electrons. The fourth-order valence-electron chi connectivity index (χ4n) is 2.75. The largest absolute Gasteiger partial charge is 0.444 e. The molecule has 1 aromatic carbocycles. The zero-order valence-corrected chi connectivity index (χ0v) is 15.7. The van der Waals surface area contributed by atoms with Crippen molar-refractivity contribution in [1.82, 2.24) is 10.2 Å². The lowest BCUT2D eigenvalue weighted by Gasteiger charge is -2.25. The Morgan fingerprint density at radius 1 is 1.38 bits per heavy atom. The zero-order valence-electron chi connectivity index (χ0n) is 15.0. The predicted octanol–water partition coefficient (Wildman–Crippen LogP) is 3.18. The summed E-state index contributed by atoms with van der Waals surface area (Å²) in [6.45, 7) is 5.57. The van der Waals surface area contributed by atoms with Crippen LogP contribution >= 0.6 is 11.6 Å². The second-order valence-corrected chi connectivity index (χ2v) is 7.47. The number of Topliss-reactive ketones (excluding diaryl/α,β-unsaturated/α-hetero) is 1. The van der Waals surface area contributed by atoms with E-state index in [2.05, 4.69) is 5.32 Å². The molecule has 8 heteroatoms. The van der Waals surface area contributed by atoms with Gasteiger partial charge in [0.05, 0.1) is 11.1 Å². The Hall–Kier alpha value is -2.15. The molecule has 6 nitrogen and oxygen atoms in total. The summed E-state index contributed by atoms with van der Waals surface area (Å²) in [5, 5.41) is 2.58. The molecule has 2 rings (SSSR count). The van der Waals surface area contributed by atoms with Crippen LogP contribution in [0.2, 0.25) is 5.02 Å². The van der Waals surface area contributed by atoms with Gasteiger partial charge in [0.2, 0.25) is 5.91 Å². The van der Waals surface area contributed by atoms with Gasteiger partial charge in [-0.2, -0.15) is 0 Å². The molecule has 1 aromatic rings. The molecule has 0 spiro atoms. The van der Waals surface area contributed by atoms with Crippen LogP contribution < -0.4 is 5.32 Å². The van der Waals surface area contributed by atoms with Crippen LogP contribution in [0.4, 0.5) is 9.18 Å². The molecule has 0 bridgehead atoms. The highest BCUT2D eigenvalue weighted by molar-refractivity contribution is 6.34. The summed E-state index contributed by atoms with van der Waals surface area (Å²) >= 11 is 5.96. The van der Waals surface area contributed by atoms with Crippen molar-refractivity contribution in [2.75, 3.05) is 13.1 Å². The molecule has 1 fully saturated rings. The topological polar surface area (TPSA) is 75.7 Å². The quantitative estimate of drug-likeness (QED) is 0.791. The number of hydrogen-bond donors (Lipinski definition) is 1. The number of likely N-dealkylation sites (tertiary alicyclic amines) is 1. The maximum Gasteiger partial charge on any atom is 0.407 e. The van der Waals surface area contributed by atoms with E-state index in [1.807, 2.05) is 0 Å². The van der Waals surface area contributed by atoms with Gasteiger partial charge >= 0.3 is 6.09 Å². The second-order valence-electron chi connectivity index (χ2n) is 7.06. The van der Waals surface area contributed by atoms with Gasteiger partial charge in [0.1, 0.15) is 11.4 Å². The van der Waals surface area contributed by atoms with Crippen molar-refractivity contribution < 1.29 is 23.5 Å². The fourth-order valence-corrected chi connectivity index (χ4v) is 3.01. The van der Waals surface area contributed by atoms with Gasteiger partial charge in [-0.25, -0.2) is 9.18 Å². The van der Waals surface area contributed by atoms with E-state index in [0.717, 1.165) is 12.1 Å². The highest BCUT2D eigenvalue weighted by atomic mass is 35.5. The molecule has 0 radical (unpaired) electrons. The van der Waals surface area contributed by atoms with Gasteiger partial charge in [-0.1, -0.05) is 11.6 Å². The Kier molecular flexibility index (Phi) is 6.23. The van der Waals surface area contributed by atoms with Crippen molar-refractivity contribution in [2.45, 2.75) is 45.3 Å². The lowest BCUT2D eigenvalue weighted by molar-refractivity contribution is -0.128. The minimum Gasteiger partial charge on any atom is -0.444 e. The molecule has 1 atom stereocenters. The standard InChI is InChI=1S/C18H22ClFN2O4/c1-18(2,3)26-17(25)21-8-9-22-14(6-7-15(22)23)16(24)12-5-4-11(20)10-13(12)19/h4-5,10,14H,6-9H2,1-3H3,(H,21,25). The summed E-state index contributed by atoms with van der Waals surface area (Å²) < 4.78 is 18.3. The Morgan fingerprint density at radius 2 is 2.08 bits per heavy atom. The average molecular weight is 385 g/mol. The van der Waals surface area contributed by atoms with Crippen LogP contribution in [-0.2, 0) is 9.53 Å². The van der Waals surface area contributed by atoms with Crippen LogP contribution in [-0.4, -0.2) is 47.4 Å². The molecule has 1 aliphatic rings. The molecule has 0 aromatic heterocycles. The molecule has 1 aliphatic heterocycles. The lowest BCUT2D eigenvalue weighted by Crippen LogP contribution is -2.44. The van der Waals surface area contributed by atoms with Crippen LogP contribution in [0.15, 0.2) is 18.2 Å². The Bertz CT molecular complexity index is 718. The minimum atomic E-state index is -0.675. The third-order valence-electron chi connectivity index (χ3n) is 3.85. The van der Waals surface area contributed by atoms with Crippen LogP contribution in [0.3, 0.4) is 0 Å². The van der Waals surface area contributed by atoms with Crippen molar-refractivity contribution >= 4 is 29.4 Å². The summed E-state index contributed by atoms with van der Waals surface area (Å²) in [6.07, 6.45) is 0.00744. The molecule has 26 heavy (non-hydrogen) atoms. The first-order chi connectivity index (χ1) is 12.1. The Balaban J connectivity index is 1.99. The van der Waals surface area contributed by atoms with Crippen LogP contribution in [0.1, 0.15) is 44.0 Å². The van der Waals surface area contributed by atoms with E-state index >= 15 is 0 Å². The third kappa shape index (κ3) is 5.17. The van der Waals surface area contributed by atoms with Gasteiger partial charge in [-0.15, -0.1) is 0 Å². The summed E-state index contributed by atoms with van der Waals surface area (Å²) in [6, 6.07) is 2.87. The molecule has 2 amide bonds. The number of nitrogens with one attached hydrogen (secondary N) is 1. The lowest BCUT2D eigenvalue weighted by atomic mass is 10.0. The van der Waals surface area contributed by atoms with E-state index in [0.29, 0.717) is 6.42 Å². The van der Waals surface area contributed by atoms with Crippen LogP contribution in [0.25, 0.3) is 0 Å². The molecular formula is C18H22ClFN2O4. The number of amides is 2. The van der Waals surface area contributed by atoms with Crippen molar-refractivity contribution in [3.8, 4) is 0 Å². The normalized spacial score (nSPS) is 17.3. The molecule has 0 aliphatic carbocycles. The Morgan fingerprint density at radius 3 is 2.69 bits per heavy atom. The third-order valence-corrected chi connectivity index (χ3v) is 4.16.